The predicted molar refractivity (Wildman–Crippen MR) is 106 cm³/mol. The number of hydrogen-bond donors (Lipinski definition) is 0. The van der Waals surface area contributed by atoms with Crippen LogP contribution in [0.3, 0.4) is 0 Å². The van der Waals surface area contributed by atoms with Crippen molar-refractivity contribution in [3.8, 4) is 5.75 Å². The number of nitrogens with zero attached hydrogens (tertiary/aromatic N) is 2. The Bertz CT molecular complexity index is 841. The molecule has 0 radical (unpaired) electrons. The molecule has 2 aromatic carbocycles. The van der Waals surface area contributed by atoms with Crippen LogP contribution in [0, 0.1) is 0 Å². The number of anilines is 1. The number of aliphatic imine (C=N–C) groups is 1. The van der Waals surface area contributed by atoms with E-state index in [1.807, 2.05) is 36.4 Å². The topological polar surface area (TPSA) is 41.9 Å². The molecular weight excluding hydrogens is 352 g/mol. The molecule has 0 atom stereocenters. The van der Waals surface area contributed by atoms with Crippen molar-refractivity contribution in [3.63, 3.8) is 0 Å². The lowest BCUT2D eigenvalue weighted by molar-refractivity contribution is -0.116. The fourth-order valence-corrected chi connectivity index (χ4v) is 3.76. The van der Waals surface area contributed by atoms with Gasteiger partial charge < -0.3 is 9.33 Å². The summed E-state index contributed by atoms with van der Waals surface area (Å²) in [6.07, 6.45) is 0. The molecule has 1 heterocycles. The van der Waals surface area contributed by atoms with E-state index in [0.717, 1.165) is 28.3 Å². The first-order valence-corrected chi connectivity index (χ1v) is 11.9. The van der Waals surface area contributed by atoms with Crippen LogP contribution in [0.5, 0.6) is 5.75 Å². The molecule has 0 saturated heterocycles. The van der Waals surface area contributed by atoms with Crippen LogP contribution >= 0.6 is 11.6 Å². The molecule has 1 aliphatic heterocycles. The van der Waals surface area contributed by atoms with E-state index in [1.54, 1.807) is 18.0 Å². The highest BCUT2D eigenvalue weighted by Crippen LogP contribution is 2.29. The highest BCUT2D eigenvalue weighted by Gasteiger charge is 2.23. The van der Waals surface area contributed by atoms with Crippen LogP contribution < -0.4 is 9.33 Å². The van der Waals surface area contributed by atoms with Crippen LogP contribution in [-0.2, 0) is 4.79 Å². The molecule has 0 aromatic heterocycles. The van der Waals surface area contributed by atoms with E-state index in [2.05, 4.69) is 24.6 Å². The van der Waals surface area contributed by atoms with E-state index in [9.17, 15) is 4.79 Å². The van der Waals surface area contributed by atoms with E-state index in [-0.39, 0.29) is 12.5 Å². The zero-order valence-electron chi connectivity index (χ0n) is 14.8. The average molecular weight is 373 g/mol. The number of likely N-dealkylation sites (N-methyl/N-ethyl adjacent to an activating group) is 1. The fourth-order valence-electron chi connectivity index (χ4n) is 2.74. The van der Waals surface area contributed by atoms with Gasteiger partial charge in [-0.1, -0.05) is 11.6 Å². The number of benzodiazepines with no additional fused rings is 1. The van der Waals surface area contributed by atoms with Crippen molar-refractivity contribution >= 4 is 37.2 Å². The van der Waals surface area contributed by atoms with Crippen LogP contribution in [0.1, 0.15) is 11.1 Å². The molecule has 0 saturated carbocycles. The number of fused-ring (bicyclic) bond motifs is 1. The second kappa shape index (κ2) is 6.65. The molecule has 0 bridgehead atoms. The third-order valence-electron chi connectivity index (χ3n) is 3.87. The standard InChI is InChI=1S/C19H21ClN2O2Si/c1-22-17-10-7-14(20)11-16(17)19(21-12-18(22)23)13-5-8-15(9-6-13)24-25(2,3)4/h5-11H,12H2,1-4H3. The monoisotopic (exact) mass is 372 g/mol. The molecule has 3 rings (SSSR count). The molecule has 6 heteroatoms. The van der Waals surface area contributed by atoms with Gasteiger partial charge in [-0.25, -0.2) is 0 Å². The van der Waals surface area contributed by atoms with Crippen LogP contribution in [0.15, 0.2) is 47.5 Å². The number of rotatable bonds is 3. The summed E-state index contributed by atoms with van der Waals surface area (Å²) in [5.74, 6) is 0.814. The summed E-state index contributed by atoms with van der Waals surface area (Å²) < 4.78 is 6.01. The Balaban J connectivity index is 2.03. The van der Waals surface area contributed by atoms with Gasteiger partial charge in [-0.2, -0.15) is 0 Å². The van der Waals surface area contributed by atoms with Crippen molar-refractivity contribution in [2.45, 2.75) is 19.6 Å². The SMILES string of the molecule is CN1C(=O)CN=C(c2ccc(O[Si](C)(C)C)cc2)c2cc(Cl)ccc21. The highest BCUT2D eigenvalue weighted by atomic mass is 35.5. The minimum Gasteiger partial charge on any atom is -0.544 e. The number of amides is 1. The molecule has 0 spiro atoms. The maximum Gasteiger partial charge on any atom is 0.248 e. The number of carbonyl (C=O) groups is 1. The summed E-state index contributed by atoms with van der Waals surface area (Å²) in [5.41, 5.74) is 3.39. The average Bonchev–Trinajstić information content (AvgIpc) is 2.65. The van der Waals surface area contributed by atoms with E-state index >= 15 is 0 Å². The minimum absolute atomic E-state index is 0.0442. The quantitative estimate of drug-likeness (QED) is 0.751. The molecule has 0 N–H and O–H groups in total. The maximum absolute atomic E-state index is 12.2. The largest absolute Gasteiger partial charge is 0.544 e. The van der Waals surface area contributed by atoms with Gasteiger partial charge in [0.25, 0.3) is 0 Å². The molecule has 0 fully saturated rings. The van der Waals surface area contributed by atoms with Gasteiger partial charge >= 0.3 is 0 Å². The van der Waals surface area contributed by atoms with Crippen molar-refractivity contribution in [1.29, 1.82) is 0 Å². The molecule has 130 valence electrons. The molecule has 25 heavy (non-hydrogen) atoms. The summed E-state index contributed by atoms with van der Waals surface area (Å²) >= 11 is 6.19. The van der Waals surface area contributed by atoms with Gasteiger partial charge in [0.15, 0.2) is 0 Å². The summed E-state index contributed by atoms with van der Waals surface area (Å²) in [7, 11) is 0.117. The normalized spacial score (nSPS) is 14.7. The first-order chi connectivity index (χ1) is 11.7. The first kappa shape index (κ1) is 17.7. The Hall–Kier alpha value is -2.11. The van der Waals surface area contributed by atoms with E-state index in [1.165, 1.54) is 0 Å². The Morgan fingerprint density at radius 2 is 1.80 bits per heavy atom. The number of benzene rings is 2. The van der Waals surface area contributed by atoms with Gasteiger partial charge in [0, 0.05) is 23.2 Å². The zero-order valence-corrected chi connectivity index (χ0v) is 16.6. The number of hydrogen-bond acceptors (Lipinski definition) is 3. The smallest absolute Gasteiger partial charge is 0.248 e. The highest BCUT2D eigenvalue weighted by molar-refractivity contribution is 6.70. The lowest BCUT2D eigenvalue weighted by Crippen LogP contribution is -2.29. The van der Waals surface area contributed by atoms with E-state index < -0.39 is 8.32 Å². The number of carbonyl (C=O) groups excluding carboxylic acids is 1. The maximum atomic E-state index is 12.2. The summed E-state index contributed by atoms with van der Waals surface area (Å²) in [6.45, 7) is 6.56. The van der Waals surface area contributed by atoms with Crippen molar-refractivity contribution in [2.75, 3.05) is 18.5 Å². The molecule has 0 unspecified atom stereocenters. The van der Waals surface area contributed by atoms with Gasteiger partial charge in [-0.05, 0) is 62.1 Å². The molecule has 2 aromatic rings. The molecular formula is C19H21ClN2O2Si. The molecule has 0 aliphatic carbocycles. The van der Waals surface area contributed by atoms with Crippen molar-refractivity contribution in [1.82, 2.24) is 0 Å². The van der Waals surface area contributed by atoms with Crippen molar-refractivity contribution < 1.29 is 9.22 Å². The molecule has 1 amide bonds. The minimum atomic E-state index is -1.65. The zero-order chi connectivity index (χ0) is 18.2. The van der Waals surface area contributed by atoms with Crippen LogP contribution in [0.4, 0.5) is 5.69 Å². The Morgan fingerprint density at radius 3 is 2.44 bits per heavy atom. The van der Waals surface area contributed by atoms with Gasteiger partial charge in [0.2, 0.25) is 14.2 Å². The van der Waals surface area contributed by atoms with Crippen molar-refractivity contribution in [3.05, 3.63) is 58.6 Å². The van der Waals surface area contributed by atoms with E-state index in [0.29, 0.717) is 5.02 Å². The lowest BCUT2D eigenvalue weighted by Gasteiger charge is -2.20. The van der Waals surface area contributed by atoms with Gasteiger partial charge in [0.05, 0.1) is 11.4 Å². The first-order valence-electron chi connectivity index (χ1n) is 8.15. The summed E-state index contributed by atoms with van der Waals surface area (Å²) in [6, 6.07) is 13.4. The van der Waals surface area contributed by atoms with Gasteiger partial charge in [0.1, 0.15) is 12.3 Å². The number of halogens is 1. The van der Waals surface area contributed by atoms with Crippen LogP contribution in [-0.4, -0.2) is 33.5 Å². The van der Waals surface area contributed by atoms with Crippen molar-refractivity contribution in [2.24, 2.45) is 4.99 Å². The van der Waals surface area contributed by atoms with Crippen LogP contribution in [0.2, 0.25) is 24.7 Å². The Kier molecular flexibility index (Phi) is 4.71. The Morgan fingerprint density at radius 1 is 1.12 bits per heavy atom. The summed E-state index contributed by atoms with van der Waals surface area (Å²) in [4.78, 5) is 18.4. The van der Waals surface area contributed by atoms with Gasteiger partial charge in [-0.3, -0.25) is 9.79 Å². The third kappa shape index (κ3) is 3.94. The van der Waals surface area contributed by atoms with Gasteiger partial charge in [-0.15, -0.1) is 0 Å². The molecule has 1 aliphatic rings. The lowest BCUT2D eigenvalue weighted by atomic mass is 10.00. The van der Waals surface area contributed by atoms with E-state index in [4.69, 9.17) is 16.0 Å². The second-order valence-electron chi connectivity index (χ2n) is 7.02. The summed E-state index contributed by atoms with van der Waals surface area (Å²) in [5, 5.41) is 0.618. The fraction of sp³-hybridized carbons (Fsp3) is 0.263. The Labute approximate surface area is 154 Å². The third-order valence-corrected chi connectivity index (χ3v) is 4.96. The predicted octanol–water partition coefficient (Wildman–Crippen LogP) is 4.37. The van der Waals surface area contributed by atoms with Crippen LogP contribution in [0.25, 0.3) is 0 Å². The second-order valence-corrected chi connectivity index (χ2v) is 11.9. The molecule has 4 nitrogen and oxygen atoms in total.